The summed E-state index contributed by atoms with van der Waals surface area (Å²) in [6, 6.07) is 10.3. The van der Waals surface area contributed by atoms with Gasteiger partial charge < -0.3 is 4.74 Å². The van der Waals surface area contributed by atoms with Gasteiger partial charge in [0.05, 0.1) is 10.6 Å². The van der Waals surface area contributed by atoms with Crippen LogP contribution in [0.2, 0.25) is 10.2 Å². The highest BCUT2D eigenvalue weighted by Crippen LogP contribution is 2.28. The lowest BCUT2D eigenvalue weighted by atomic mass is 10.0. The molecule has 2 aromatic carbocycles. The van der Waals surface area contributed by atoms with Crippen LogP contribution in [0.15, 0.2) is 65.7 Å². The second-order valence-electron chi connectivity index (χ2n) is 6.01. The van der Waals surface area contributed by atoms with E-state index in [0.717, 1.165) is 24.3 Å². The number of ether oxygens (including phenoxy) is 1. The molecule has 0 atom stereocenters. The molecule has 0 saturated carbocycles. The van der Waals surface area contributed by atoms with Crippen molar-refractivity contribution in [2.24, 2.45) is 0 Å². The molecular weight excluding hydrogens is 480 g/mol. The van der Waals surface area contributed by atoms with Crippen molar-refractivity contribution in [3.8, 4) is 5.75 Å². The Bertz CT molecular complexity index is 1220. The summed E-state index contributed by atoms with van der Waals surface area (Å²) in [5, 5.41) is 0.350. The number of halogens is 5. The van der Waals surface area contributed by atoms with E-state index in [-0.39, 0.29) is 31.9 Å². The summed E-state index contributed by atoms with van der Waals surface area (Å²) in [6.07, 6.45) is -3.68. The summed E-state index contributed by atoms with van der Waals surface area (Å²) in [5.41, 5.74) is -0.00189. The second-order valence-corrected chi connectivity index (χ2v) is 8.52. The second kappa shape index (κ2) is 8.74. The number of carbonyl (C=O) groups is 1. The highest BCUT2D eigenvalue weighted by atomic mass is 35.5. The van der Waals surface area contributed by atoms with Gasteiger partial charge in [0, 0.05) is 22.3 Å². The van der Waals surface area contributed by atoms with Crippen LogP contribution in [-0.4, -0.2) is 25.5 Å². The molecular formula is C19H11Cl2F3N2O4S. The molecule has 0 spiro atoms. The Morgan fingerprint density at radius 2 is 1.68 bits per heavy atom. The first-order valence-corrected chi connectivity index (χ1v) is 10.5. The van der Waals surface area contributed by atoms with Crippen LogP contribution >= 0.6 is 23.2 Å². The third-order valence-electron chi connectivity index (χ3n) is 3.83. The maximum absolute atomic E-state index is 12.8. The Morgan fingerprint density at radius 1 is 1.00 bits per heavy atom. The lowest BCUT2D eigenvalue weighted by molar-refractivity contribution is -0.274. The number of pyridine rings is 1. The van der Waals surface area contributed by atoms with E-state index in [2.05, 4.69) is 14.4 Å². The van der Waals surface area contributed by atoms with Crippen molar-refractivity contribution in [3.05, 3.63) is 82.1 Å². The standard InChI is InChI=1S/C19H11Cl2F3N2O4S/c20-12-2-7-16(15(9-12)18(27)11-1-8-17(21)25-10-11)26-31(28,29)14-5-3-13(4-6-14)30-19(22,23)24/h1-10,26H. The van der Waals surface area contributed by atoms with Gasteiger partial charge in [-0.25, -0.2) is 13.4 Å². The molecule has 0 saturated heterocycles. The minimum Gasteiger partial charge on any atom is -0.406 e. The Kier molecular flexibility index (Phi) is 6.44. The average molecular weight is 491 g/mol. The number of hydrogen-bond donors (Lipinski definition) is 1. The van der Waals surface area contributed by atoms with E-state index in [1.165, 1.54) is 36.5 Å². The van der Waals surface area contributed by atoms with Crippen molar-refractivity contribution in [1.82, 2.24) is 4.98 Å². The fourth-order valence-corrected chi connectivity index (χ4v) is 3.85. The van der Waals surface area contributed by atoms with E-state index in [4.69, 9.17) is 23.2 Å². The lowest BCUT2D eigenvalue weighted by Crippen LogP contribution is -2.18. The van der Waals surface area contributed by atoms with Gasteiger partial charge in [-0.1, -0.05) is 23.2 Å². The fraction of sp³-hybridized carbons (Fsp3) is 0.0526. The number of alkyl halides is 3. The predicted molar refractivity (Wildman–Crippen MR) is 108 cm³/mol. The van der Waals surface area contributed by atoms with Gasteiger partial charge in [-0.15, -0.1) is 13.2 Å². The van der Waals surface area contributed by atoms with E-state index >= 15 is 0 Å². The van der Waals surface area contributed by atoms with Crippen molar-refractivity contribution in [3.63, 3.8) is 0 Å². The molecule has 12 heteroatoms. The number of nitrogens with zero attached hydrogens (tertiary/aromatic N) is 1. The van der Waals surface area contributed by atoms with Crippen LogP contribution in [0.4, 0.5) is 18.9 Å². The number of rotatable bonds is 6. The molecule has 0 aliphatic rings. The molecule has 1 aromatic heterocycles. The Labute approximate surface area is 184 Å². The van der Waals surface area contributed by atoms with E-state index in [9.17, 15) is 26.4 Å². The summed E-state index contributed by atoms with van der Waals surface area (Å²) in [5.74, 6) is -1.15. The Morgan fingerprint density at radius 3 is 2.26 bits per heavy atom. The first-order chi connectivity index (χ1) is 14.4. The topological polar surface area (TPSA) is 85.4 Å². The van der Waals surface area contributed by atoms with Crippen LogP contribution < -0.4 is 9.46 Å². The van der Waals surface area contributed by atoms with Crippen LogP contribution in [0.25, 0.3) is 0 Å². The molecule has 3 aromatic rings. The molecule has 162 valence electrons. The molecule has 0 aliphatic heterocycles. The molecule has 0 fully saturated rings. The molecule has 0 unspecified atom stereocenters. The van der Waals surface area contributed by atoms with E-state index < -0.39 is 27.9 Å². The average Bonchev–Trinajstić information content (AvgIpc) is 2.68. The SMILES string of the molecule is O=C(c1ccc(Cl)nc1)c1cc(Cl)ccc1NS(=O)(=O)c1ccc(OC(F)(F)F)cc1. The zero-order valence-electron chi connectivity index (χ0n) is 15.2. The van der Waals surface area contributed by atoms with Crippen LogP contribution in [0.3, 0.4) is 0 Å². The van der Waals surface area contributed by atoms with Gasteiger partial charge in [-0.05, 0) is 54.6 Å². The molecule has 0 amide bonds. The molecule has 3 rings (SSSR count). The number of nitrogens with one attached hydrogen (secondary N) is 1. The molecule has 6 nitrogen and oxygen atoms in total. The zero-order valence-corrected chi connectivity index (χ0v) is 17.5. The van der Waals surface area contributed by atoms with Gasteiger partial charge in [-0.2, -0.15) is 0 Å². The van der Waals surface area contributed by atoms with E-state index in [1.54, 1.807) is 0 Å². The molecule has 0 radical (unpaired) electrons. The quantitative estimate of drug-likeness (QED) is 0.373. The number of hydrogen-bond acceptors (Lipinski definition) is 5. The van der Waals surface area contributed by atoms with Gasteiger partial charge in [-0.3, -0.25) is 9.52 Å². The van der Waals surface area contributed by atoms with Crippen LogP contribution in [-0.2, 0) is 10.0 Å². The molecule has 31 heavy (non-hydrogen) atoms. The van der Waals surface area contributed by atoms with Crippen molar-refractivity contribution in [2.45, 2.75) is 11.3 Å². The van der Waals surface area contributed by atoms with Gasteiger partial charge in [0.15, 0.2) is 5.78 Å². The van der Waals surface area contributed by atoms with Gasteiger partial charge >= 0.3 is 6.36 Å². The summed E-state index contributed by atoms with van der Waals surface area (Å²) in [4.78, 5) is 16.3. The summed E-state index contributed by atoms with van der Waals surface area (Å²) >= 11 is 11.7. The minimum atomic E-state index is -4.91. The largest absolute Gasteiger partial charge is 0.573 e. The maximum atomic E-state index is 12.8. The smallest absolute Gasteiger partial charge is 0.406 e. The minimum absolute atomic E-state index is 0.0581. The molecule has 0 aliphatic carbocycles. The number of benzene rings is 2. The number of anilines is 1. The van der Waals surface area contributed by atoms with Gasteiger partial charge in [0.2, 0.25) is 0 Å². The predicted octanol–water partition coefficient (Wildman–Crippen LogP) is 5.32. The van der Waals surface area contributed by atoms with Gasteiger partial charge in [0.1, 0.15) is 10.9 Å². The number of ketones is 1. The zero-order chi connectivity index (χ0) is 22.8. The van der Waals surface area contributed by atoms with E-state index in [0.29, 0.717) is 0 Å². The summed E-state index contributed by atoms with van der Waals surface area (Å²) in [6.45, 7) is 0. The van der Waals surface area contributed by atoms with Crippen LogP contribution in [0, 0.1) is 0 Å². The monoisotopic (exact) mass is 490 g/mol. The van der Waals surface area contributed by atoms with Crippen LogP contribution in [0.1, 0.15) is 15.9 Å². The van der Waals surface area contributed by atoms with Crippen molar-refractivity contribution in [2.75, 3.05) is 4.72 Å². The Balaban J connectivity index is 1.91. The molecule has 1 heterocycles. The fourth-order valence-electron chi connectivity index (χ4n) is 2.48. The highest BCUT2D eigenvalue weighted by Gasteiger charge is 2.31. The summed E-state index contributed by atoms with van der Waals surface area (Å²) < 4.78 is 68.2. The van der Waals surface area contributed by atoms with Crippen molar-refractivity contribution in [1.29, 1.82) is 0 Å². The first-order valence-electron chi connectivity index (χ1n) is 8.29. The van der Waals surface area contributed by atoms with Crippen molar-refractivity contribution < 1.29 is 31.1 Å². The third kappa shape index (κ3) is 5.87. The van der Waals surface area contributed by atoms with E-state index in [1.807, 2.05) is 0 Å². The van der Waals surface area contributed by atoms with Crippen LogP contribution in [0.5, 0.6) is 5.75 Å². The third-order valence-corrected chi connectivity index (χ3v) is 5.67. The van der Waals surface area contributed by atoms with Crippen molar-refractivity contribution >= 4 is 44.7 Å². The number of aromatic nitrogens is 1. The molecule has 0 bridgehead atoms. The Hall–Kier alpha value is -2.82. The lowest BCUT2D eigenvalue weighted by Gasteiger charge is -2.13. The molecule has 1 N–H and O–H groups in total. The number of sulfonamides is 1. The normalized spacial score (nSPS) is 11.8. The first kappa shape index (κ1) is 22.9. The number of carbonyl (C=O) groups excluding carboxylic acids is 1. The van der Waals surface area contributed by atoms with Gasteiger partial charge in [0.25, 0.3) is 10.0 Å². The maximum Gasteiger partial charge on any atom is 0.573 e. The summed E-state index contributed by atoms with van der Waals surface area (Å²) in [7, 11) is -4.25. The highest BCUT2D eigenvalue weighted by molar-refractivity contribution is 7.92.